The summed E-state index contributed by atoms with van der Waals surface area (Å²) in [6.07, 6.45) is 1.21. The van der Waals surface area contributed by atoms with Crippen molar-refractivity contribution in [1.29, 1.82) is 0 Å². The quantitative estimate of drug-likeness (QED) is 0.846. The van der Waals surface area contributed by atoms with Crippen molar-refractivity contribution in [1.82, 2.24) is 4.31 Å². The predicted octanol–water partition coefficient (Wildman–Crippen LogP) is 3.44. The molecule has 0 aliphatic carbocycles. The van der Waals surface area contributed by atoms with E-state index in [1.54, 1.807) is 7.05 Å². The molecule has 0 aliphatic heterocycles. The molecule has 106 valence electrons. The van der Waals surface area contributed by atoms with E-state index >= 15 is 0 Å². The van der Waals surface area contributed by atoms with Crippen molar-refractivity contribution in [3.05, 3.63) is 35.4 Å². The number of nitrogens with zero attached hydrogens (tertiary/aromatic N) is 1. The Morgan fingerprint density at radius 2 is 1.39 bits per heavy atom. The van der Waals surface area contributed by atoms with Crippen molar-refractivity contribution < 1.29 is 8.42 Å². The predicted molar refractivity (Wildman–Crippen MR) is 80.2 cm³/mol. The molecule has 18 heavy (non-hydrogen) atoms. The van der Waals surface area contributed by atoms with E-state index in [0.29, 0.717) is 6.54 Å². The van der Waals surface area contributed by atoms with Crippen LogP contribution in [0.25, 0.3) is 0 Å². The van der Waals surface area contributed by atoms with Gasteiger partial charge in [0.25, 0.3) is 0 Å². The smallest absolute Gasteiger partial charge is 0.211 e. The van der Waals surface area contributed by atoms with Gasteiger partial charge in [-0.15, -0.1) is 0 Å². The normalized spacial score (nSPS) is 10.0. The van der Waals surface area contributed by atoms with Gasteiger partial charge in [-0.05, 0) is 12.5 Å². The average Bonchev–Trinajstić information content (AvgIpc) is 2.36. The van der Waals surface area contributed by atoms with Gasteiger partial charge in [0.05, 0.1) is 6.26 Å². The van der Waals surface area contributed by atoms with Crippen LogP contribution < -0.4 is 0 Å². The van der Waals surface area contributed by atoms with Crippen LogP contribution in [0, 0.1) is 6.92 Å². The lowest BCUT2D eigenvalue weighted by atomic mass is 10.1. The third kappa shape index (κ3) is 8.25. The van der Waals surface area contributed by atoms with Crippen molar-refractivity contribution in [3.8, 4) is 0 Å². The summed E-state index contributed by atoms with van der Waals surface area (Å²) in [5, 5.41) is 0. The third-order valence-electron chi connectivity index (χ3n) is 2.09. The monoisotopic (exact) mass is 273 g/mol. The molecule has 0 bridgehead atoms. The van der Waals surface area contributed by atoms with Gasteiger partial charge in [-0.1, -0.05) is 57.5 Å². The second-order valence-corrected chi connectivity index (χ2v) is 5.59. The van der Waals surface area contributed by atoms with Crippen LogP contribution in [0.1, 0.15) is 38.8 Å². The highest BCUT2D eigenvalue weighted by Gasteiger charge is 2.10. The summed E-state index contributed by atoms with van der Waals surface area (Å²) in [4.78, 5) is 0. The second kappa shape index (κ2) is 10.1. The zero-order valence-electron chi connectivity index (χ0n) is 12.7. The maximum Gasteiger partial charge on any atom is 0.211 e. The van der Waals surface area contributed by atoms with Gasteiger partial charge in [0.15, 0.2) is 0 Å². The molecule has 1 aromatic carbocycles. The van der Waals surface area contributed by atoms with Crippen LogP contribution in [-0.2, 0) is 16.6 Å². The number of aryl methyl sites for hydroxylation is 1. The molecular formula is C14H27NO2S. The SMILES string of the molecule is CC.CC.Cc1ccc(CN(C)S(C)(=O)=O)cc1. The van der Waals surface area contributed by atoms with E-state index < -0.39 is 10.0 Å². The lowest BCUT2D eigenvalue weighted by Crippen LogP contribution is -2.24. The molecular weight excluding hydrogens is 246 g/mol. The highest BCUT2D eigenvalue weighted by molar-refractivity contribution is 7.88. The molecule has 0 saturated carbocycles. The minimum atomic E-state index is -3.08. The Balaban J connectivity index is 0. The van der Waals surface area contributed by atoms with Crippen molar-refractivity contribution >= 4 is 10.0 Å². The largest absolute Gasteiger partial charge is 0.213 e. The van der Waals surface area contributed by atoms with Gasteiger partial charge in [-0.3, -0.25) is 0 Å². The van der Waals surface area contributed by atoms with Gasteiger partial charge in [0.2, 0.25) is 10.0 Å². The number of rotatable bonds is 3. The third-order valence-corrected chi connectivity index (χ3v) is 3.35. The van der Waals surface area contributed by atoms with Crippen molar-refractivity contribution in [3.63, 3.8) is 0 Å². The zero-order valence-corrected chi connectivity index (χ0v) is 13.5. The molecule has 0 fully saturated rings. The Kier molecular flexibility index (Phi) is 10.9. The van der Waals surface area contributed by atoms with E-state index in [-0.39, 0.29) is 0 Å². The number of hydrogen-bond acceptors (Lipinski definition) is 2. The Morgan fingerprint density at radius 3 is 1.72 bits per heavy atom. The maximum absolute atomic E-state index is 11.1. The highest BCUT2D eigenvalue weighted by Crippen LogP contribution is 2.07. The van der Waals surface area contributed by atoms with E-state index in [1.165, 1.54) is 16.1 Å². The first-order valence-electron chi connectivity index (χ1n) is 6.36. The van der Waals surface area contributed by atoms with Gasteiger partial charge in [-0.25, -0.2) is 12.7 Å². The molecule has 0 unspecified atom stereocenters. The molecule has 4 heteroatoms. The summed E-state index contributed by atoms with van der Waals surface area (Å²) in [5.41, 5.74) is 2.18. The highest BCUT2D eigenvalue weighted by atomic mass is 32.2. The maximum atomic E-state index is 11.1. The number of hydrogen-bond donors (Lipinski definition) is 0. The fourth-order valence-electron chi connectivity index (χ4n) is 1.07. The van der Waals surface area contributed by atoms with Gasteiger partial charge in [0.1, 0.15) is 0 Å². The minimum absolute atomic E-state index is 0.430. The molecule has 0 atom stereocenters. The summed E-state index contributed by atoms with van der Waals surface area (Å²) in [7, 11) is -1.50. The first kappa shape index (κ1) is 19.5. The minimum Gasteiger partial charge on any atom is -0.213 e. The average molecular weight is 273 g/mol. The molecule has 0 radical (unpaired) electrons. The molecule has 0 saturated heterocycles. The number of benzene rings is 1. The van der Waals surface area contributed by atoms with E-state index in [4.69, 9.17) is 0 Å². The fraction of sp³-hybridized carbons (Fsp3) is 0.571. The molecule has 3 nitrogen and oxygen atoms in total. The fourth-order valence-corrected chi connectivity index (χ4v) is 1.45. The lowest BCUT2D eigenvalue weighted by Gasteiger charge is -2.13. The van der Waals surface area contributed by atoms with Crippen LogP contribution >= 0.6 is 0 Å². The number of sulfonamides is 1. The summed E-state index contributed by atoms with van der Waals surface area (Å²) >= 11 is 0. The van der Waals surface area contributed by atoms with Crippen LogP contribution in [0.15, 0.2) is 24.3 Å². The first-order chi connectivity index (χ1) is 8.39. The summed E-state index contributed by atoms with van der Waals surface area (Å²) in [6, 6.07) is 7.84. The summed E-state index contributed by atoms with van der Waals surface area (Å²) in [6.45, 7) is 10.4. The van der Waals surface area contributed by atoms with E-state index in [2.05, 4.69) is 0 Å². The molecule has 0 amide bonds. The topological polar surface area (TPSA) is 37.4 Å². The van der Waals surface area contributed by atoms with Gasteiger partial charge in [-0.2, -0.15) is 0 Å². The Bertz CT molecular complexity index is 396. The molecule has 0 N–H and O–H groups in total. The van der Waals surface area contributed by atoms with E-state index in [9.17, 15) is 8.42 Å². The Hall–Kier alpha value is -0.870. The van der Waals surface area contributed by atoms with Crippen LogP contribution in [-0.4, -0.2) is 26.0 Å². The first-order valence-corrected chi connectivity index (χ1v) is 8.21. The van der Waals surface area contributed by atoms with Crippen molar-refractivity contribution in [2.24, 2.45) is 0 Å². The van der Waals surface area contributed by atoms with Crippen LogP contribution in [0.4, 0.5) is 0 Å². The van der Waals surface area contributed by atoms with Gasteiger partial charge in [0, 0.05) is 13.6 Å². The van der Waals surface area contributed by atoms with Gasteiger partial charge < -0.3 is 0 Å². The van der Waals surface area contributed by atoms with Gasteiger partial charge >= 0.3 is 0 Å². The summed E-state index contributed by atoms with van der Waals surface area (Å²) < 4.78 is 23.6. The van der Waals surface area contributed by atoms with E-state index in [1.807, 2.05) is 58.9 Å². The summed E-state index contributed by atoms with van der Waals surface area (Å²) in [5.74, 6) is 0. The van der Waals surface area contributed by atoms with Crippen LogP contribution in [0.5, 0.6) is 0 Å². The van der Waals surface area contributed by atoms with Crippen molar-refractivity contribution in [2.45, 2.75) is 41.2 Å². The molecule has 0 heterocycles. The van der Waals surface area contributed by atoms with E-state index in [0.717, 1.165) is 5.56 Å². The van der Waals surface area contributed by atoms with Crippen LogP contribution in [0.2, 0.25) is 0 Å². The standard InChI is InChI=1S/C10H15NO2S.2C2H6/c1-9-4-6-10(7-5-9)8-11(2)14(3,12)13;2*1-2/h4-7H,8H2,1-3H3;2*1-2H3. The van der Waals surface area contributed by atoms with Crippen LogP contribution in [0.3, 0.4) is 0 Å². The second-order valence-electron chi connectivity index (χ2n) is 3.50. The Labute approximate surface area is 113 Å². The lowest BCUT2D eigenvalue weighted by molar-refractivity contribution is 0.472. The molecule has 0 aliphatic rings. The van der Waals surface area contributed by atoms with Crippen molar-refractivity contribution in [2.75, 3.05) is 13.3 Å². The Morgan fingerprint density at radius 1 is 1.00 bits per heavy atom. The zero-order chi connectivity index (χ0) is 14.8. The molecule has 0 spiro atoms. The molecule has 0 aromatic heterocycles. The molecule has 1 rings (SSSR count). The molecule has 1 aromatic rings.